The van der Waals surface area contributed by atoms with Crippen LogP contribution in [0.2, 0.25) is 0 Å². The van der Waals surface area contributed by atoms with Crippen molar-refractivity contribution in [2.24, 2.45) is 0 Å². The molecule has 194 valence electrons. The maximum atomic E-state index is 13.1. The first kappa shape index (κ1) is 35.2. The Morgan fingerprint density at radius 3 is 1.31 bits per heavy atom. The number of nitrogens with zero attached hydrogens (tertiary/aromatic N) is 4. The van der Waals surface area contributed by atoms with E-state index in [-0.39, 0.29) is 23.9 Å². The molecule has 5 heteroatoms. The summed E-state index contributed by atoms with van der Waals surface area (Å²) in [5.74, 6) is 1.05. The Balaban J connectivity index is -0.000000727. The number of fused-ring (bicyclic) bond motifs is 1. The van der Waals surface area contributed by atoms with E-state index in [4.69, 9.17) is 0 Å². The van der Waals surface area contributed by atoms with E-state index in [0.717, 1.165) is 38.3 Å². The molecule has 0 N–H and O–H groups in total. The van der Waals surface area contributed by atoms with E-state index >= 15 is 0 Å². The maximum Gasteiger partial charge on any atom is 0.324 e. The molecule has 0 saturated carbocycles. The van der Waals surface area contributed by atoms with Gasteiger partial charge in [-0.1, -0.05) is 88.7 Å². The normalized spacial score (nSPS) is 19.1. The zero-order valence-corrected chi connectivity index (χ0v) is 24.5. The van der Waals surface area contributed by atoms with Crippen molar-refractivity contribution in [3.63, 3.8) is 0 Å². The van der Waals surface area contributed by atoms with E-state index in [1.807, 2.05) is 46.4 Å². The number of carbonyl (C=O) groups excluding carboxylic acids is 1. The fourth-order valence-electron chi connectivity index (χ4n) is 3.96. The first-order chi connectivity index (χ1) is 15.3. The molecule has 0 spiro atoms. The Kier molecular flexibility index (Phi) is 21.0. The number of rotatable bonds is 7. The van der Waals surface area contributed by atoms with Gasteiger partial charge < -0.3 is 14.7 Å². The van der Waals surface area contributed by atoms with Crippen LogP contribution in [0.4, 0.5) is 4.79 Å². The monoisotopic (exact) mass is 456 g/mol. The van der Waals surface area contributed by atoms with Gasteiger partial charge in [-0.3, -0.25) is 4.90 Å². The summed E-state index contributed by atoms with van der Waals surface area (Å²) < 4.78 is 0. The molecule has 0 aliphatic carbocycles. The summed E-state index contributed by atoms with van der Waals surface area (Å²) in [7, 11) is 0. The first-order valence-electron chi connectivity index (χ1n) is 13.6. The Morgan fingerprint density at radius 1 is 0.688 bits per heavy atom. The zero-order chi connectivity index (χ0) is 26.1. The van der Waals surface area contributed by atoms with Crippen LogP contribution in [-0.2, 0) is 0 Å². The number of likely N-dealkylation sites (N-methyl/N-ethyl adjacent to an activating group) is 3. The average Bonchev–Trinajstić information content (AvgIpc) is 3.30. The van der Waals surface area contributed by atoms with Crippen LogP contribution in [0.1, 0.15) is 123 Å². The van der Waals surface area contributed by atoms with Crippen LogP contribution < -0.4 is 0 Å². The zero-order valence-electron chi connectivity index (χ0n) is 24.5. The summed E-state index contributed by atoms with van der Waals surface area (Å²) in [5, 5.41) is 0. The second-order valence-corrected chi connectivity index (χ2v) is 7.46. The summed E-state index contributed by atoms with van der Waals surface area (Å²) in [6.07, 6.45) is 4.74. The number of amides is 2. The largest absolute Gasteiger partial charge is 0.335 e. The predicted octanol–water partition coefficient (Wildman–Crippen LogP) is 7.99. The van der Waals surface area contributed by atoms with Crippen molar-refractivity contribution in [2.75, 3.05) is 19.6 Å². The molecule has 0 bridgehead atoms. The smallest absolute Gasteiger partial charge is 0.324 e. The highest BCUT2D eigenvalue weighted by atomic mass is 16.2. The Morgan fingerprint density at radius 2 is 1.03 bits per heavy atom. The summed E-state index contributed by atoms with van der Waals surface area (Å²) in [6.45, 7) is 36.1. The van der Waals surface area contributed by atoms with Gasteiger partial charge in [-0.15, -0.1) is 0 Å². The van der Waals surface area contributed by atoms with E-state index in [1.54, 1.807) is 0 Å². The van der Waals surface area contributed by atoms with E-state index in [0.29, 0.717) is 0 Å². The molecule has 2 rings (SSSR count). The fraction of sp³-hybridized carbons (Fsp3) is 0.889. The molecule has 2 saturated heterocycles. The van der Waals surface area contributed by atoms with Crippen molar-refractivity contribution >= 4 is 6.03 Å². The van der Waals surface area contributed by atoms with Crippen LogP contribution in [-0.4, -0.2) is 63.1 Å². The van der Waals surface area contributed by atoms with Crippen molar-refractivity contribution in [1.29, 1.82) is 0 Å². The highest BCUT2D eigenvalue weighted by Gasteiger charge is 2.59. The lowest BCUT2D eigenvalue weighted by atomic mass is 9.93. The molecule has 5 nitrogen and oxygen atoms in total. The van der Waals surface area contributed by atoms with Gasteiger partial charge in [0.15, 0.2) is 0 Å². The third-order valence-electron chi connectivity index (χ3n) is 6.23. The van der Waals surface area contributed by atoms with Gasteiger partial charge in [0.05, 0.1) is 5.82 Å². The minimum Gasteiger partial charge on any atom is -0.335 e. The van der Waals surface area contributed by atoms with Gasteiger partial charge in [0.2, 0.25) is 0 Å². The van der Waals surface area contributed by atoms with Crippen molar-refractivity contribution in [3.05, 3.63) is 12.4 Å². The molecule has 2 aliphatic heterocycles. The van der Waals surface area contributed by atoms with Gasteiger partial charge in [-0.05, 0) is 40.5 Å². The lowest BCUT2D eigenvalue weighted by Crippen LogP contribution is -2.55. The second-order valence-electron chi connectivity index (χ2n) is 7.46. The number of hydrogen-bond donors (Lipinski definition) is 0. The van der Waals surface area contributed by atoms with Gasteiger partial charge in [-0.25, -0.2) is 4.79 Å². The second kappa shape index (κ2) is 19.1. The Labute approximate surface area is 203 Å². The summed E-state index contributed by atoms with van der Waals surface area (Å²) >= 11 is 0. The van der Waals surface area contributed by atoms with Crippen LogP contribution in [0.3, 0.4) is 0 Å². The SMILES string of the molecule is C=C1N(CC)C2C(N1CC)N(C(C)(CC)CC)C(=O)N2CC.CC.CC.CC.CCCC. The Hall–Kier alpha value is -1.39. The number of hydrogen-bond acceptors (Lipinski definition) is 3. The molecule has 2 atom stereocenters. The summed E-state index contributed by atoms with van der Waals surface area (Å²) in [5.41, 5.74) is -0.110. The van der Waals surface area contributed by atoms with Crippen molar-refractivity contribution in [2.45, 2.75) is 140 Å². The van der Waals surface area contributed by atoms with Crippen molar-refractivity contribution in [3.8, 4) is 0 Å². The van der Waals surface area contributed by atoms with Crippen LogP contribution >= 0.6 is 0 Å². The molecular weight excluding hydrogens is 396 g/mol. The average molecular weight is 457 g/mol. The van der Waals surface area contributed by atoms with Crippen LogP contribution in [0.5, 0.6) is 0 Å². The third-order valence-corrected chi connectivity index (χ3v) is 6.23. The molecule has 2 fully saturated rings. The number of unbranched alkanes of at least 4 members (excludes halogenated alkanes) is 1. The van der Waals surface area contributed by atoms with Crippen molar-refractivity contribution in [1.82, 2.24) is 19.6 Å². The molecule has 0 aromatic carbocycles. The molecule has 2 heterocycles. The molecule has 2 amide bonds. The Bertz CT molecular complexity index is 472. The van der Waals surface area contributed by atoms with Crippen molar-refractivity contribution < 1.29 is 4.79 Å². The van der Waals surface area contributed by atoms with Crippen LogP contribution in [0.25, 0.3) is 0 Å². The number of carbonyl (C=O) groups is 1. The maximum absolute atomic E-state index is 13.1. The molecule has 0 radical (unpaired) electrons. The molecule has 32 heavy (non-hydrogen) atoms. The van der Waals surface area contributed by atoms with Gasteiger partial charge in [0.25, 0.3) is 0 Å². The van der Waals surface area contributed by atoms with Gasteiger partial charge in [0, 0.05) is 25.2 Å². The minimum atomic E-state index is -0.110. The third kappa shape index (κ3) is 7.59. The van der Waals surface area contributed by atoms with E-state index in [1.165, 1.54) is 12.8 Å². The topological polar surface area (TPSA) is 30.0 Å². The van der Waals surface area contributed by atoms with Crippen LogP contribution in [0.15, 0.2) is 12.4 Å². The quantitative estimate of drug-likeness (QED) is 0.389. The lowest BCUT2D eigenvalue weighted by molar-refractivity contribution is 0.0471. The standard InChI is InChI=1S/C17H32N4O.C4H10.3C2H6/c1-8-17(7,9-2)21-15-14(20(12-5)16(21)22)18(10-3)13(6)19(15)11-4;1-3-4-2;3*1-2/h14-15H,6,8-12H2,1-5,7H3;3-4H2,1-2H3;3*1-2H3. The van der Waals surface area contributed by atoms with Gasteiger partial charge in [0.1, 0.15) is 12.3 Å². The van der Waals surface area contributed by atoms with E-state index < -0.39 is 0 Å². The molecule has 2 unspecified atom stereocenters. The molecule has 0 aromatic heterocycles. The molecular formula is C27H60N4O. The fourth-order valence-corrected chi connectivity index (χ4v) is 3.96. The molecule has 2 aliphatic rings. The van der Waals surface area contributed by atoms with Crippen LogP contribution in [0, 0.1) is 0 Å². The predicted molar refractivity (Wildman–Crippen MR) is 145 cm³/mol. The lowest BCUT2D eigenvalue weighted by Gasteiger charge is -2.43. The molecule has 0 aromatic rings. The highest BCUT2D eigenvalue weighted by Crippen LogP contribution is 2.43. The summed E-state index contributed by atoms with van der Waals surface area (Å²) in [6, 6.07) is 0.174. The van der Waals surface area contributed by atoms with E-state index in [9.17, 15) is 4.79 Å². The first-order valence-corrected chi connectivity index (χ1v) is 13.6. The van der Waals surface area contributed by atoms with Gasteiger partial charge in [-0.2, -0.15) is 0 Å². The summed E-state index contributed by atoms with van der Waals surface area (Å²) in [4.78, 5) is 21.8. The number of urea groups is 1. The minimum absolute atomic E-state index is 0.0785. The highest BCUT2D eigenvalue weighted by molar-refractivity contribution is 5.79. The van der Waals surface area contributed by atoms with Gasteiger partial charge >= 0.3 is 6.03 Å². The van der Waals surface area contributed by atoms with E-state index in [2.05, 4.69) is 76.7 Å².